The first-order chi connectivity index (χ1) is 14.5. The Bertz CT molecular complexity index is 938. The molecule has 1 aromatic heterocycles. The summed E-state index contributed by atoms with van der Waals surface area (Å²) >= 11 is 0. The van der Waals surface area contributed by atoms with E-state index in [1.165, 1.54) is 0 Å². The molecule has 0 saturated carbocycles. The molecule has 0 fully saturated rings. The van der Waals surface area contributed by atoms with Crippen molar-refractivity contribution in [2.75, 3.05) is 20.2 Å². The number of aliphatic hydroxyl groups is 1. The van der Waals surface area contributed by atoms with Crippen LogP contribution in [0.1, 0.15) is 31.5 Å². The predicted molar refractivity (Wildman–Crippen MR) is 119 cm³/mol. The van der Waals surface area contributed by atoms with Crippen LogP contribution in [0.5, 0.6) is 17.4 Å². The van der Waals surface area contributed by atoms with E-state index in [9.17, 15) is 5.11 Å². The van der Waals surface area contributed by atoms with E-state index >= 15 is 0 Å². The Balaban J connectivity index is 2.06. The molecule has 0 aliphatic carbocycles. The molecule has 0 saturated heterocycles. The SMILES string of the molecule is CCCN(Cc1c(C)nn(-c2ccccc2)c1Oc1ccccc1OC)C[C@H](C)O. The average Bonchev–Trinajstić information content (AvgIpc) is 3.04. The number of benzene rings is 2. The minimum Gasteiger partial charge on any atom is -0.493 e. The summed E-state index contributed by atoms with van der Waals surface area (Å²) in [5.74, 6) is 1.96. The Hall–Kier alpha value is -2.83. The van der Waals surface area contributed by atoms with Crippen LogP contribution < -0.4 is 9.47 Å². The van der Waals surface area contributed by atoms with Crippen LogP contribution in [-0.4, -0.2) is 46.1 Å². The van der Waals surface area contributed by atoms with Gasteiger partial charge in [0, 0.05) is 13.1 Å². The lowest BCUT2D eigenvalue weighted by Crippen LogP contribution is -2.31. The third-order valence-corrected chi connectivity index (χ3v) is 4.86. The van der Waals surface area contributed by atoms with Crippen molar-refractivity contribution in [3.63, 3.8) is 0 Å². The van der Waals surface area contributed by atoms with Gasteiger partial charge in [-0.1, -0.05) is 37.3 Å². The number of ether oxygens (including phenoxy) is 2. The van der Waals surface area contributed by atoms with Crippen LogP contribution >= 0.6 is 0 Å². The van der Waals surface area contributed by atoms with E-state index in [4.69, 9.17) is 14.6 Å². The molecule has 6 nitrogen and oxygen atoms in total. The minimum absolute atomic E-state index is 0.403. The second kappa shape index (κ2) is 10.3. The largest absolute Gasteiger partial charge is 0.493 e. The first-order valence-corrected chi connectivity index (χ1v) is 10.4. The van der Waals surface area contributed by atoms with Crippen molar-refractivity contribution >= 4 is 0 Å². The summed E-state index contributed by atoms with van der Waals surface area (Å²) in [7, 11) is 1.63. The molecule has 0 aliphatic rings. The van der Waals surface area contributed by atoms with E-state index in [2.05, 4.69) is 11.8 Å². The number of hydrogen-bond acceptors (Lipinski definition) is 5. The monoisotopic (exact) mass is 409 g/mol. The molecule has 0 amide bonds. The number of aryl methyl sites for hydroxylation is 1. The van der Waals surface area contributed by atoms with Gasteiger partial charge in [-0.15, -0.1) is 0 Å². The zero-order valence-electron chi connectivity index (χ0n) is 18.2. The van der Waals surface area contributed by atoms with Crippen molar-refractivity contribution < 1.29 is 14.6 Å². The first kappa shape index (κ1) is 21.9. The average molecular weight is 410 g/mol. The van der Waals surface area contributed by atoms with Gasteiger partial charge in [-0.25, -0.2) is 4.68 Å². The van der Waals surface area contributed by atoms with Gasteiger partial charge in [-0.05, 0) is 51.1 Å². The Morgan fingerprint density at radius 3 is 2.37 bits per heavy atom. The second-order valence-electron chi connectivity index (χ2n) is 7.45. The molecular formula is C24H31N3O3. The third kappa shape index (κ3) is 5.20. The van der Waals surface area contributed by atoms with Crippen molar-refractivity contribution in [2.24, 2.45) is 0 Å². The van der Waals surface area contributed by atoms with Gasteiger partial charge in [0.1, 0.15) is 0 Å². The molecule has 1 N–H and O–H groups in total. The third-order valence-electron chi connectivity index (χ3n) is 4.86. The molecule has 1 atom stereocenters. The molecule has 0 aliphatic heterocycles. The van der Waals surface area contributed by atoms with Crippen molar-refractivity contribution in [1.29, 1.82) is 0 Å². The first-order valence-electron chi connectivity index (χ1n) is 10.4. The van der Waals surface area contributed by atoms with Crippen LogP contribution in [0.3, 0.4) is 0 Å². The number of rotatable bonds is 10. The molecule has 2 aromatic carbocycles. The maximum atomic E-state index is 9.94. The van der Waals surface area contributed by atoms with Crippen LogP contribution in [0.15, 0.2) is 54.6 Å². The van der Waals surface area contributed by atoms with Gasteiger partial charge in [0.2, 0.25) is 5.88 Å². The lowest BCUT2D eigenvalue weighted by Gasteiger charge is -2.23. The summed E-state index contributed by atoms with van der Waals surface area (Å²) in [6.45, 7) is 8.07. The fourth-order valence-corrected chi connectivity index (χ4v) is 3.53. The summed E-state index contributed by atoms with van der Waals surface area (Å²) in [5.41, 5.74) is 2.82. The Morgan fingerprint density at radius 1 is 1.07 bits per heavy atom. The highest BCUT2D eigenvalue weighted by Gasteiger charge is 2.22. The fraction of sp³-hybridized carbons (Fsp3) is 0.375. The van der Waals surface area contributed by atoms with Crippen LogP contribution in [0.25, 0.3) is 5.69 Å². The van der Waals surface area contributed by atoms with Crippen LogP contribution in [0.2, 0.25) is 0 Å². The molecule has 0 spiro atoms. The number of hydrogen-bond donors (Lipinski definition) is 1. The summed E-state index contributed by atoms with van der Waals surface area (Å²) < 4.78 is 13.7. The van der Waals surface area contributed by atoms with Gasteiger partial charge in [-0.2, -0.15) is 5.10 Å². The van der Waals surface area contributed by atoms with E-state index in [1.807, 2.05) is 73.1 Å². The van der Waals surface area contributed by atoms with Gasteiger partial charge in [-0.3, -0.25) is 4.90 Å². The van der Waals surface area contributed by atoms with E-state index in [0.717, 1.165) is 29.9 Å². The quantitative estimate of drug-likeness (QED) is 0.531. The standard InChI is InChI=1S/C24H31N3O3/c1-5-15-26(16-18(2)28)17-21-19(3)25-27(20-11-7-6-8-12-20)24(21)30-23-14-10-9-13-22(23)29-4/h6-14,18,28H,5,15-17H2,1-4H3/t18-/m0/s1. The lowest BCUT2D eigenvalue weighted by atomic mass is 10.2. The second-order valence-corrected chi connectivity index (χ2v) is 7.45. The highest BCUT2D eigenvalue weighted by Crippen LogP contribution is 2.36. The molecule has 3 rings (SSSR count). The maximum absolute atomic E-state index is 9.94. The van der Waals surface area contributed by atoms with E-state index in [1.54, 1.807) is 7.11 Å². The number of aliphatic hydroxyl groups excluding tert-OH is 1. The summed E-state index contributed by atoms with van der Waals surface area (Å²) in [5, 5.41) is 14.7. The fourth-order valence-electron chi connectivity index (χ4n) is 3.53. The molecule has 3 aromatic rings. The molecule has 30 heavy (non-hydrogen) atoms. The van der Waals surface area contributed by atoms with Crippen molar-refractivity contribution in [1.82, 2.24) is 14.7 Å². The Morgan fingerprint density at radius 2 is 1.73 bits per heavy atom. The van der Waals surface area contributed by atoms with Crippen LogP contribution in [0.4, 0.5) is 0 Å². The van der Waals surface area contributed by atoms with Gasteiger partial charge in [0.05, 0.1) is 30.2 Å². The lowest BCUT2D eigenvalue weighted by molar-refractivity contribution is 0.122. The van der Waals surface area contributed by atoms with Crippen molar-refractivity contribution in [3.05, 3.63) is 65.9 Å². The van der Waals surface area contributed by atoms with Gasteiger partial charge in [0.25, 0.3) is 0 Å². The van der Waals surface area contributed by atoms with E-state index < -0.39 is 6.10 Å². The van der Waals surface area contributed by atoms with E-state index in [-0.39, 0.29) is 0 Å². The van der Waals surface area contributed by atoms with Crippen LogP contribution in [-0.2, 0) is 6.54 Å². The van der Waals surface area contributed by atoms with E-state index in [0.29, 0.717) is 30.5 Å². The topological polar surface area (TPSA) is 59.8 Å². The Labute approximate surface area is 178 Å². The molecule has 6 heteroatoms. The normalized spacial score (nSPS) is 12.2. The molecule has 1 heterocycles. The molecular weight excluding hydrogens is 378 g/mol. The summed E-state index contributed by atoms with van der Waals surface area (Å²) in [6, 6.07) is 17.6. The van der Waals surface area contributed by atoms with Crippen molar-refractivity contribution in [2.45, 2.75) is 39.8 Å². The number of aromatic nitrogens is 2. The summed E-state index contributed by atoms with van der Waals surface area (Å²) in [4.78, 5) is 2.24. The van der Waals surface area contributed by atoms with Crippen LogP contribution in [0, 0.1) is 6.92 Å². The minimum atomic E-state index is -0.403. The smallest absolute Gasteiger partial charge is 0.227 e. The molecule has 0 bridgehead atoms. The van der Waals surface area contributed by atoms with Crippen molar-refractivity contribution in [3.8, 4) is 23.1 Å². The Kier molecular flexibility index (Phi) is 7.49. The van der Waals surface area contributed by atoms with Gasteiger partial charge in [0.15, 0.2) is 11.5 Å². The summed E-state index contributed by atoms with van der Waals surface area (Å²) in [6.07, 6.45) is 0.598. The van der Waals surface area contributed by atoms with Gasteiger partial charge >= 0.3 is 0 Å². The highest BCUT2D eigenvalue weighted by molar-refractivity contribution is 5.47. The molecule has 160 valence electrons. The number of nitrogens with zero attached hydrogens (tertiary/aromatic N) is 3. The maximum Gasteiger partial charge on any atom is 0.227 e. The predicted octanol–water partition coefficient (Wildman–Crippen LogP) is 4.57. The molecule has 0 unspecified atom stereocenters. The van der Waals surface area contributed by atoms with Gasteiger partial charge < -0.3 is 14.6 Å². The zero-order valence-corrected chi connectivity index (χ0v) is 18.2. The number of para-hydroxylation sites is 3. The number of methoxy groups -OCH3 is 1. The molecule has 0 radical (unpaired) electrons. The highest BCUT2D eigenvalue weighted by atomic mass is 16.5. The zero-order chi connectivity index (χ0) is 21.5.